The van der Waals surface area contributed by atoms with E-state index in [-0.39, 0.29) is 23.1 Å². The predicted molar refractivity (Wildman–Crippen MR) is 194 cm³/mol. The largest absolute Gasteiger partial charge is 0.497 e. The first-order chi connectivity index (χ1) is 24.5. The maximum absolute atomic E-state index is 16.1. The van der Waals surface area contributed by atoms with Gasteiger partial charge in [0.2, 0.25) is 0 Å². The summed E-state index contributed by atoms with van der Waals surface area (Å²) in [4.78, 5) is 17.4. The van der Waals surface area contributed by atoms with E-state index in [2.05, 4.69) is 15.6 Å². The van der Waals surface area contributed by atoms with Crippen LogP contribution < -0.4 is 29.1 Å². The number of benzene rings is 3. The Morgan fingerprint density at radius 2 is 1.60 bits per heavy atom. The molecule has 0 aliphatic carbocycles. The summed E-state index contributed by atoms with van der Waals surface area (Å²) >= 11 is 6.68. The molecular formula is C36H42ClF2N5O7S. The molecule has 52 heavy (non-hydrogen) atoms. The Bertz CT molecular complexity index is 1960. The highest BCUT2D eigenvalue weighted by molar-refractivity contribution is 7.92. The van der Waals surface area contributed by atoms with E-state index in [1.54, 1.807) is 77.2 Å². The molecule has 2 atom stereocenters. The molecule has 0 bridgehead atoms. The van der Waals surface area contributed by atoms with E-state index in [0.717, 1.165) is 28.7 Å². The molecule has 0 aliphatic heterocycles. The van der Waals surface area contributed by atoms with Gasteiger partial charge in [-0.15, -0.1) is 0 Å². The predicted octanol–water partition coefficient (Wildman–Crippen LogP) is 7.35. The van der Waals surface area contributed by atoms with Crippen molar-refractivity contribution in [3.63, 3.8) is 0 Å². The smallest absolute Gasteiger partial charge is 0.411 e. The van der Waals surface area contributed by atoms with Crippen LogP contribution in [0, 0.1) is 11.6 Å². The summed E-state index contributed by atoms with van der Waals surface area (Å²) in [7, 11) is 1.23. The normalized spacial score (nSPS) is 12.8. The third-order valence-electron chi connectivity index (χ3n) is 7.78. The van der Waals surface area contributed by atoms with Gasteiger partial charge in [-0.3, -0.25) is 10.2 Å². The highest BCUT2D eigenvalue weighted by Crippen LogP contribution is 2.35. The van der Waals surface area contributed by atoms with E-state index < -0.39 is 50.6 Å². The van der Waals surface area contributed by atoms with Gasteiger partial charge in [-0.2, -0.15) is 0 Å². The van der Waals surface area contributed by atoms with Crippen molar-refractivity contribution in [3.05, 3.63) is 101 Å². The summed E-state index contributed by atoms with van der Waals surface area (Å²) in [6.07, 6.45) is -1.13. The number of aromatic nitrogens is 1. The maximum atomic E-state index is 16.1. The number of amides is 1. The molecule has 2 unspecified atom stereocenters. The minimum Gasteiger partial charge on any atom is -0.497 e. The summed E-state index contributed by atoms with van der Waals surface area (Å²) in [6.45, 7) is 6.63. The molecule has 4 rings (SSSR count). The Morgan fingerprint density at radius 1 is 0.942 bits per heavy atom. The fourth-order valence-corrected chi connectivity index (χ4v) is 6.67. The molecule has 0 spiro atoms. The van der Waals surface area contributed by atoms with E-state index in [1.165, 1.54) is 32.3 Å². The zero-order valence-corrected chi connectivity index (χ0v) is 31.6. The number of ether oxygens (including phenoxy) is 4. The molecule has 0 saturated heterocycles. The molecule has 1 heterocycles. The molecule has 4 aromatic rings. The van der Waals surface area contributed by atoms with Crippen molar-refractivity contribution >= 4 is 39.2 Å². The van der Waals surface area contributed by atoms with Crippen LogP contribution in [0.3, 0.4) is 0 Å². The lowest BCUT2D eigenvalue weighted by Crippen LogP contribution is -2.49. The van der Waals surface area contributed by atoms with Gasteiger partial charge in [-0.05, 0) is 81.8 Å². The number of methoxy groups -OCH3 is 3. The van der Waals surface area contributed by atoms with Crippen molar-refractivity contribution in [3.8, 4) is 17.2 Å². The Morgan fingerprint density at radius 3 is 2.17 bits per heavy atom. The second-order valence-electron chi connectivity index (χ2n) is 12.6. The lowest BCUT2D eigenvalue weighted by molar-refractivity contribution is 0.0200. The van der Waals surface area contributed by atoms with Gasteiger partial charge in [0.05, 0.1) is 50.9 Å². The number of anilines is 2. The van der Waals surface area contributed by atoms with Gasteiger partial charge < -0.3 is 24.3 Å². The second-order valence-corrected chi connectivity index (χ2v) is 14.8. The van der Waals surface area contributed by atoms with Crippen LogP contribution in [0.1, 0.15) is 45.0 Å². The number of hydrogen-bond donors (Lipinski definition) is 2. The van der Waals surface area contributed by atoms with Crippen LogP contribution in [0.2, 0.25) is 5.02 Å². The monoisotopic (exact) mass is 761 g/mol. The Balaban J connectivity index is 1.72. The van der Waals surface area contributed by atoms with Crippen LogP contribution in [-0.4, -0.2) is 64.5 Å². The first kappa shape index (κ1) is 39.9. The second kappa shape index (κ2) is 16.7. The van der Waals surface area contributed by atoms with Gasteiger partial charge in [-0.25, -0.2) is 31.3 Å². The number of carbonyl (C=O) groups is 1. The molecule has 3 aromatic carbocycles. The molecule has 0 saturated carbocycles. The van der Waals surface area contributed by atoms with Crippen LogP contribution in [0.5, 0.6) is 17.2 Å². The summed E-state index contributed by atoms with van der Waals surface area (Å²) < 4.78 is 80.8. The molecule has 1 aromatic heterocycles. The average molecular weight is 762 g/mol. The van der Waals surface area contributed by atoms with Crippen molar-refractivity contribution in [2.75, 3.05) is 38.0 Å². The maximum Gasteiger partial charge on any atom is 0.411 e. The van der Waals surface area contributed by atoms with Crippen molar-refractivity contribution in [2.45, 2.75) is 57.1 Å². The molecular weight excluding hydrogens is 720 g/mol. The fraction of sp³-hybridized carbons (Fsp3) is 0.333. The summed E-state index contributed by atoms with van der Waals surface area (Å²) in [5, 5.41) is 6.27. The number of carbonyl (C=O) groups excluding carboxylic acids is 1. The Labute approximate surface area is 307 Å². The Hall–Kier alpha value is -4.86. The van der Waals surface area contributed by atoms with Gasteiger partial charge >= 0.3 is 6.09 Å². The van der Waals surface area contributed by atoms with Gasteiger partial charge in [0.1, 0.15) is 51.4 Å². The first-order valence-corrected chi connectivity index (χ1v) is 17.8. The minimum atomic E-state index is -4.73. The number of nitrogens with one attached hydrogen (secondary N) is 2. The lowest BCUT2D eigenvalue weighted by Gasteiger charge is -2.33. The van der Waals surface area contributed by atoms with Crippen LogP contribution in [0.4, 0.5) is 25.1 Å². The highest BCUT2D eigenvalue weighted by Gasteiger charge is 2.32. The quantitative estimate of drug-likeness (QED) is 0.126. The molecule has 12 nitrogen and oxygen atoms in total. The SMILES string of the molecule is COc1ccc(C(Nc2cc(F)c(S(=O)(=O)N(Cc3ccc(OC)cc3OC)c3ccc(F)cn3)cc2Cl)NC(C)N(C)C(=O)OC(C)(C)C)cc1. The third-order valence-corrected chi connectivity index (χ3v) is 9.86. The lowest BCUT2D eigenvalue weighted by atomic mass is 10.1. The Kier molecular flexibility index (Phi) is 12.8. The molecule has 0 fully saturated rings. The van der Waals surface area contributed by atoms with Crippen LogP contribution >= 0.6 is 11.6 Å². The number of pyridine rings is 1. The minimum absolute atomic E-state index is 0.0434. The molecule has 2 N–H and O–H groups in total. The van der Waals surface area contributed by atoms with Gasteiger partial charge in [0.15, 0.2) is 0 Å². The zero-order chi connectivity index (χ0) is 38.4. The van der Waals surface area contributed by atoms with E-state index in [0.29, 0.717) is 28.4 Å². The first-order valence-electron chi connectivity index (χ1n) is 15.9. The molecule has 16 heteroatoms. The van der Waals surface area contributed by atoms with Crippen LogP contribution in [-0.2, 0) is 21.3 Å². The van der Waals surface area contributed by atoms with Crippen molar-refractivity contribution in [1.29, 1.82) is 0 Å². The molecule has 0 aliphatic rings. The average Bonchev–Trinajstić information content (AvgIpc) is 3.10. The van der Waals surface area contributed by atoms with Crippen molar-refractivity contribution < 1.29 is 40.9 Å². The summed E-state index contributed by atoms with van der Waals surface area (Å²) in [6, 6.07) is 15.9. The van der Waals surface area contributed by atoms with Crippen LogP contribution in [0.15, 0.2) is 77.8 Å². The third kappa shape index (κ3) is 9.72. The van der Waals surface area contributed by atoms with E-state index in [9.17, 15) is 17.6 Å². The van der Waals surface area contributed by atoms with Crippen molar-refractivity contribution in [2.24, 2.45) is 0 Å². The summed E-state index contributed by atoms with van der Waals surface area (Å²) in [5.41, 5.74) is 0.360. The topological polar surface area (TPSA) is 132 Å². The van der Waals surface area contributed by atoms with Gasteiger partial charge in [0, 0.05) is 18.7 Å². The van der Waals surface area contributed by atoms with Gasteiger partial charge in [0.25, 0.3) is 10.0 Å². The summed E-state index contributed by atoms with van der Waals surface area (Å²) in [5.74, 6) is -0.656. The standard InChI is InChI=1S/C36H42ClF2N5O7S/c1-22(43(5)35(45)51-36(2,3)4)41-34(23-9-13-26(48-6)14-10-23)42-30-19-29(39)32(18-28(30)37)52(46,47)44(33-16-12-25(38)20-40-33)21-24-11-15-27(49-7)17-31(24)50-8/h9-20,22,34,41-42H,21H2,1-8H3. The van der Waals surface area contributed by atoms with Crippen LogP contribution in [0.25, 0.3) is 0 Å². The molecule has 0 radical (unpaired) electrons. The number of nitrogens with zero attached hydrogens (tertiary/aromatic N) is 3. The number of halogens is 3. The van der Waals surface area contributed by atoms with E-state index >= 15 is 4.39 Å². The number of sulfonamides is 1. The molecule has 280 valence electrons. The zero-order valence-electron chi connectivity index (χ0n) is 30.0. The van der Waals surface area contributed by atoms with E-state index in [1.807, 2.05) is 0 Å². The number of rotatable bonds is 14. The van der Waals surface area contributed by atoms with Crippen molar-refractivity contribution in [1.82, 2.24) is 15.2 Å². The fourth-order valence-electron chi connectivity index (χ4n) is 4.92. The van der Waals surface area contributed by atoms with E-state index in [4.69, 9.17) is 30.5 Å². The molecule has 1 amide bonds. The highest BCUT2D eigenvalue weighted by atomic mass is 35.5. The van der Waals surface area contributed by atoms with Gasteiger partial charge in [-0.1, -0.05) is 23.7 Å². The number of hydrogen-bond acceptors (Lipinski definition) is 10.